The number of hydrogen-bond donors (Lipinski definition) is 0. The highest BCUT2D eigenvalue weighted by Crippen LogP contribution is 2.24. The molecule has 2 heterocycles. The van der Waals surface area contributed by atoms with E-state index in [0.717, 1.165) is 19.6 Å². The van der Waals surface area contributed by atoms with Crippen molar-refractivity contribution in [2.75, 3.05) is 26.7 Å². The van der Waals surface area contributed by atoms with E-state index in [0.29, 0.717) is 6.42 Å². The number of amides is 1. The average molecular weight is 195 g/mol. The zero-order chi connectivity index (χ0) is 10.1. The van der Waals surface area contributed by atoms with Crippen LogP contribution < -0.4 is 0 Å². The highest BCUT2D eigenvalue weighted by atomic mass is 16.2. The van der Waals surface area contributed by atoms with Gasteiger partial charge in [-0.25, -0.2) is 0 Å². The predicted molar refractivity (Wildman–Crippen MR) is 50.5 cm³/mol. The summed E-state index contributed by atoms with van der Waals surface area (Å²) in [6, 6.07) is -0.0790. The zero-order valence-electron chi connectivity index (χ0n) is 8.13. The minimum absolute atomic E-state index is 0.0274. The van der Waals surface area contributed by atoms with Gasteiger partial charge in [0.1, 0.15) is 0 Å². The van der Waals surface area contributed by atoms with Gasteiger partial charge in [-0.3, -0.25) is 9.69 Å². The Labute approximate surface area is 82.1 Å². The first-order chi connectivity index (χ1) is 6.72. The number of fused-ring (bicyclic) bond motifs is 1. The van der Waals surface area contributed by atoms with Crippen molar-refractivity contribution in [2.45, 2.75) is 18.5 Å². The first kappa shape index (κ1) is 9.30. The third-order valence-corrected chi connectivity index (χ3v) is 2.98. The maximum atomic E-state index is 11.7. The minimum atomic E-state index is -0.0516. The van der Waals surface area contributed by atoms with Crippen molar-refractivity contribution in [2.24, 2.45) is 5.11 Å². The summed E-state index contributed by atoms with van der Waals surface area (Å²) in [5.41, 5.74) is 8.32. The molecule has 2 saturated heterocycles. The molecule has 6 heteroatoms. The molecule has 0 aromatic rings. The molecule has 0 spiro atoms. The molecule has 0 N–H and O–H groups in total. The molecular weight excluding hydrogens is 182 g/mol. The van der Waals surface area contributed by atoms with Gasteiger partial charge in [0, 0.05) is 31.6 Å². The van der Waals surface area contributed by atoms with Crippen LogP contribution in [0.25, 0.3) is 10.4 Å². The van der Waals surface area contributed by atoms with Crippen LogP contribution in [0, 0.1) is 0 Å². The largest absolute Gasteiger partial charge is 0.343 e. The molecule has 76 valence electrons. The molecule has 2 fully saturated rings. The third-order valence-electron chi connectivity index (χ3n) is 2.98. The van der Waals surface area contributed by atoms with Crippen LogP contribution >= 0.6 is 0 Å². The van der Waals surface area contributed by atoms with Crippen molar-refractivity contribution in [3.8, 4) is 0 Å². The van der Waals surface area contributed by atoms with Crippen LogP contribution in [-0.4, -0.2) is 54.5 Å². The highest BCUT2D eigenvalue weighted by molar-refractivity contribution is 5.82. The zero-order valence-corrected chi connectivity index (χ0v) is 8.13. The lowest BCUT2D eigenvalue weighted by Crippen LogP contribution is -2.52. The van der Waals surface area contributed by atoms with Crippen LogP contribution in [-0.2, 0) is 4.79 Å². The van der Waals surface area contributed by atoms with Crippen LogP contribution in [0.5, 0.6) is 0 Å². The second kappa shape index (κ2) is 3.48. The third kappa shape index (κ3) is 1.42. The standard InChI is InChI=1S/C8H13N5O/c1-12-2-3-13-5-6(10-11-9)4-7(13)8(12)14/h6-7H,2-5H2,1H3/t6-,7+/m0/s1. The van der Waals surface area contributed by atoms with Gasteiger partial charge in [-0.05, 0) is 12.0 Å². The lowest BCUT2D eigenvalue weighted by Gasteiger charge is -2.34. The Morgan fingerprint density at radius 1 is 1.57 bits per heavy atom. The summed E-state index contributed by atoms with van der Waals surface area (Å²) in [5.74, 6) is 0.159. The summed E-state index contributed by atoms with van der Waals surface area (Å²) in [6.45, 7) is 2.40. The van der Waals surface area contributed by atoms with Gasteiger partial charge in [-0.15, -0.1) is 0 Å². The summed E-state index contributed by atoms with van der Waals surface area (Å²) >= 11 is 0. The van der Waals surface area contributed by atoms with Gasteiger partial charge < -0.3 is 4.90 Å². The van der Waals surface area contributed by atoms with Gasteiger partial charge in [0.15, 0.2) is 0 Å². The van der Waals surface area contributed by atoms with E-state index >= 15 is 0 Å². The van der Waals surface area contributed by atoms with Crippen molar-refractivity contribution in [3.05, 3.63) is 10.4 Å². The molecule has 2 atom stereocenters. The molecule has 6 nitrogen and oxygen atoms in total. The molecule has 0 bridgehead atoms. The molecule has 0 saturated carbocycles. The van der Waals surface area contributed by atoms with Crippen LogP contribution in [0.3, 0.4) is 0 Å². The Bertz CT molecular complexity index is 298. The maximum Gasteiger partial charge on any atom is 0.239 e. The second-order valence-electron chi connectivity index (χ2n) is 3.86. The fourth-order valence-corrected chi connectivity index (χ4v) is 2.18. The lowest BCUT2D eigenvalue weighted by molar-refractivity contribution is -0.138. The Morgan fingerprint density at radius 2 is 2.36 bits per heavy atom. The van der Waals surface area contributed by atoms with E-state index in [1.54, 1.807) is 4.90 Å². The number of rotatable bonds is 1. The SMILES string of the molecule is CN1CCN2C[C@@H](N=[N+]=[N-])C[C@@H]2C1=O. The van der Waals surface area contributed by atoms with Gasteiger partial charge >= 0.3 is 0 Å². The minimum Gasteiger partial charge on any atom is -0.343 e. The van der Waals surface area contributed by atoms with Crippen molar-refractivity contribution in [1.82, 2.24) is 9.80 Å². The normalized spacial score (nSPS) is 32.6. The van der Waals surface area contributed by atoms with Crippen LogP contribution in [0.15, 0.2) is 5.11 Å². The Hall–Kier alpha value is -1.26. The van der Waals surface area contributed by atoms with E-state index in [1.807, 2.05) is 7.05 Å². The topological polar surface area (TPSA) is 72.3 Å². The number of likely N-dealkylation sites (N-methyl/N-ethyl adjacent to an activating group) is 1. The summed E-state index contributed by atoms with van der Waals surface area (Å²) in [5, 5.41) is 3.68. The Morgan fingerprint density at radius 3 is 3.07 bits per heavy atom. The van der Waals surface area contributed by atoms with Gasteiger partial charge in [0.25, 0.3) is 0 Å². The van der Waals surface area contributed by atoms with Gasteiger partial charge in [-0.1, -0.05) is 5.11 Å². The Balaban J connectivity index is 2.09. The summed E-state index contributed by atoms with van der Waals surface area (Å²) in [4.78, 5) is 18.4. The Kier molecular flexibility index (Phi) is 2.31. The van der Waals surface area contributed by atoms with E-state index < -0.39 is 0 Å². The fourth-order valence-electron chi connectivity index (χ4n) is 2.18. The summed E-state index contributed by atoms with van der Waals surface area (Å²) in [6.07, 6.45) is 0.674. The molecule has 2 aliphatic rings. The number of azide groups is 1. The van der Waals surface area contributed by atoms with Crippen molar-refractivity contribution < 1.29 is 4.79 Å². The van der Waals surface area contributed by atoms with Crippen LogP contribution in [0.4, 0.5) is 0 Å². The van der Waals surface area contributed by atoms with Crippen LogP contribution in [0.2, 0.25) is 0 Å². The molecule has 0 aromatic carbocycles. The maximum absolute atomic E-state index is 11.7. The summed E-state index contributed by atoms with van der Waals surface area (Å²) < 4.78 is 0. The van der Waals surface area contributed by atoms with Crippen molar-refractivity contribution >= 4 is 5.91 Å². The van der Waals surface area contributed by atoms with Gasteiger partial charge in [0.2, 0.25) is 5.91 Å². The fraction of sp³-hybridized carbons (Fsp3) is 0.875. The molecule has 0 unspecified atom stereocenters. The van der Waals surface area contributed by atoms with E-state index in [4.69, 9.17) is 5.53 Å². The molecule has 2 rings (SSSR count). The lowest BCUT2D eigenvalue weighted by atomic mass is 10.1. The van der Waals surface area contributed by atoms with Gasteiger partial charge in [-0.2, -0.15) is 0 Å². The van der Waals surface area contributed by atoms with E-state index in [-0.39, 0.29) is 18.0 Å². The monoisotopic (exact) mass is 195 g/mol. The molecule has 0 aliphatic carbocycles. The molecule has 0 radical (unpaired) electrons. The second-order valence-corrected chi connectivity index (χ2v) is 3.86. The van der Waals surface area contributed by atoms with Gasteiger partial charge in [0.05, 0.1) is 12.1 Å². The van der Waals surface area contributed by atoms with Crippen molar-refractivity contribution in [1.29, 1.82) is 0 Å². The van der Waals surface area contributed by atoms with E-state index in [2.05, 4.69) is 14.9 Å². The number of hydrogen-bond acceptors (Lipinski definition) is 3. The molecule has 2 aliphatic heterocycles. The molecule has 1 amide bonds. The average Bonchev–Trinajstić information content (AvgIpc) is 2.56. The van der Waals surface area contributed by atoms with E-state index in [9.17, 15) is 4.79 Å². The smallest absolute Gasteiger partial charge is 0.239 e. The quantitative estimate of drug-likeness (QED) is 0.341. The predicted octanol–water partition coefficient (Wildman–Crippen LogP) is 0.212. The number of nitrogens with zero attached hydrogens (tertiary/aromatic N) is 5. The van der Waals surface area contributed by atoms with E-state index in [1.165, 1.54) is 0 Å². The number of piperazine rings is 1. The first-order valence-electron chi connectivity index (χ1n) is 4.75. The first-order valence-corrected chi connectivity index (χ1v) is 4.75. The molecular formula is C8H13N5O. The summed E-state index contributed by atoms with van der Waals surface area (Å²) in [7, 11) is 1.82. The number of carbonyl (C=O) groups is 1. The van der Waals surface area contributed by atoms with Crippen molar-refractivity contribution in [3.63, 3.8) is 0 Å². The number of carbonyl (C=O) groups excluding carboxylic acids is 1. The molecule has 0 aromatic heterocycles. The highest BCUT2D eigenvalue weighted by Gasteiger charge is 2.40. The molecule has 14 heavy (non-hydrogen) atoms. The van der Waals surface area contributed by atoms with Crippen LogP contribution in [0.1, 0.15) is 6.42 Å².